The second-order valence-corrected chi connectivity index (χ2v) is 3.20. The summed E-state index contributed by atoms with van der Waals surface area (Å²) in [5.41, 5.74) is 1.13. The number of carbonyl (C=O) groups is 1. The van der Waals surface area contributed by atoms with Crippen LogP contribution >= 0.6 is 12.6 Å². The van der Waals surface area contributed by atoms with Crippen LogP contribution in [-0.2, 0) is 6.42 Å². The molecule has 0 unspecified atom stereocenters. The van der Waals surface area contributed by atoms with Gasteiger partial charge in [-0.3, -0.25) is 9.78 Å². The standard InChI is InChI=1S/C9H12N2OS/c1-11(9(12)13)6-4-8-3-2-5-10-7-8/h2-3,5,7H,4,6H2,1H3,(H,12,13). The lowest BCUT2D eigenvalue weighted by molar-refractivity contribution is 0.234. The Labute approximate surface area is 83.2 Å². The number of thiol groups is 1. The van der Waals surface area contributed by atoms with Crippen molar-refractivity contribution in [1.29, 1.82) is 0 Å². The zero-order valence-electron chi connectivity index (χ0n) is 7.47. The van der Waals surface area contributed by atoms with Crippen LogP contribution in [0.15, 0.2) is 24.5 Å². The zero-order valence-corrected chi connectivity index (χ0v) is 8.37. The molecule has 4 heteroatoms. The average molecular weight is 196 g/mol. The fraction of sp³-hybridized carbons (Fsp3) is 0.333. The van der Waals surface area contributed by atoms with Crippen LogP contribution in [0.4, 0.5) is 4.79 Å². The molecule has 0 aliphatic carbocycles. The smallest absolute Gasteiger partial charge is 0.278 e. The van der Waals surface area contributed by atoms with Crippen LogP contribution in [0, 0.1) is 0 Å². The number of pyridine rings is 1. The predicted octanol–water partition coefficient (Wildman–Crippen LogP) is 1.61. The van der Waals surface area contributed by atoms with Gasteiger partial charge in [-0.05, 0) is 18.1 Å². The Kier molecular flexibility index (Phi) is 3.76. The maximum absolute atomic E-state index is 10.7. The monoisotopic (exact) mass is 196 g/mol. The van der Waals surface area contributed by atoms with E-state index < -0.39 is 0 Å². The van der Waals surface area contributed by atoms with Crippen LogP contribution in [0.5, 0.6) is 0 Å². The van der Waals surface area contributed by atoms with E-state index in [4.69, 9.17) is 0 Å². The second-order valence-electron chi connectivity index (χ2n) is 2.82. The molecule has 3 nitrogen and oxygen atoms in total. The first-order chi connectivity index (χ1) is 6.20. The fourth-order valence-corrected chi connectivity index (χ4v) is 1.04. The second kappa shape index (κ2) is 4.87. The average Bonchev–Trinajstić information content (AvgIpc) is 2.15. The van der Waals surface area contributed by atoms with Crippen molar-refractivity contribution in [3.63, 3.8) is 0 Å². The van der Waals surface area contributed by atoms with Gasteiger partial charge in [0.1, 0.15) is 0 Å². The minimum atomic E-state index is -0.205. The highest BCUT2D eigenvalue weighted by Crippen LogP contribution is 1.99. The molecule has 0 radical (unpaired) electrons. The number of hydrogen-bond acceptors (Lipinski definition) is 2. The number of hydrogen-bond donors (Lipinski definition) is 1. The van der Waals surface area contributed by atoms with Crippen molar-refractivity contribution < 1.29 is 4.79 Å². The quantitative estimate of drug-likeness (QED) is 0.745. The number of rotatable bonds is 3. The van der Waals surface area contributed by atoms with Crippen LogP contribution in [0.3, 0.4) is 0 Å². The molecule has 1 amide bonds. The Morgan fingerprint density at radius 1 is 1.69 bits per heavy atom. The van der Waals surface area contributed by atoms with Gasteiger partial charge < -0.3 is 4.90 Å². The van der Waals surface area contributed by atoms with E-state index in [2.05, 4.69) is 17.6 Å². The molecule has 1 rings (SSSR count). The van der Waals surface area contributed by atoms with Crippen molar-refractivity contribution in [2.24, 2.45) is 0 Å². The van der Waals surface area contributed by atoms with Crippen molar-refractivity contribution in [3.8, 4) is 0 Å². The third kappa shape index (κ3) is 3.46. The molecule has 1 aromatic rings. The van der Waals surface area contributed by atoms with E-state index in [0.717, 1.165) is 12.0 Å². The maximum atomic E-state index is 10.7. The summed E-state index contributed by atoms with van der Waals surface area (Å²) in [6.45, 7) is 0.675. The Morgan fingerprint density at radius 2 is 2.46 bits per heavy atom. The lowest BCUT2D eigenvalue weighted by Crippen LogP contribution is -2.23. The topological polar surface area (TPSA) is 33.2 Å². The number of likely N-dealkylation sites (N-methyl/N-ethyl adjacent to an activating group) is 1. The molecule has 0 spiro atoms. The summed E-state index contributed by atoms with van der Waals surface area (Å²) >= 11 is 3.71. The largest absolute Gasteiger partial charge is 0.337 e. The van der Waals surface area contributed by atoms with Gasteiger partial charge in [0.15, 0.2) is 0 Å². The van der Waals surface area contributed by atoms with Gasteiger partial charge in [0, 0.05) is 26.0 Å². The molecule has 0 fully saturated rings. The summed E-state index contributed by atoms with van der Waals surface area (Å²) in [4.78, 5) is 16.3. The molecule has 0 aromatic carbocycles. The summed E-state index contributed by atoms with van der Waals surface area (Å²) in [6, 6.07) is 3.88. The Balaban J connectivity index is 2.39. The highest BCUT2D eigenvalue weighted by Gasteiger charge is 2.02. The van der Waals surface area contributed by atoms with E-state index >= 15 is 0 Å². The van der Waals surface area contributed by atoms with Gasteiger partial charge in [0.05, 0.1) is 0 Å². The van der Waals surface area contributed by atoms with Crippen molar-refractivity contribution in [2.45, 2.75) is 6.42 Å². The van der Waals surface area contributed by atoms with Crippen LogP contribution in [0.1, 0.15) is 5.56 Å². The Morgan fingerprint density at radius 3 is 3.00 bits per heavy atom. The van der Waals surface area contributed by atoms with Gasteiger partial charge in [-0.15, -0.1) is 0 Å². The molecule has 0 atom stereocenters. The molecule has 0 saturated carbocycles. The highest BCUT2D eigenvalue weighted by atomic mass is 32.1. The van der Waals surface area contributed by atoms with E-state index in [0.29, 0.717) is 6.54 Å². The summed E-state index contributed by atoms with van der Waals surface area (Å²) in [7, 11) is 1.73. The summed E-state index contributed by atoms with van der Waals surface area (Å²) in [5.74, 6) is 0. The predicted molar refractivity (Wildman–Crippen MR) is 55.0 cm³/mol. The van der Waals surface area contributed by atoms with Crippen molar-refractivity contribution >= 4 is 17.9 Å². The fourth-order valence-electron chi connectivity index (χ4n) is 0.938. The van der Waals surface area contributed by atoms with Crippen molar-refractivity contribution in [3.05, 3.63) is 30.1 Å². The summed E-state index contributed by atoms with van der Waals surface area (Å²) < 4.78 is 0. The van der Waals surface area contributed by atoms with E-state index in [1.165, 1.54) is 0 Å². The Bertz CT molecular complexity index is 276. The van der Waals surface area contributed by atoms with E-state index in [1.54, 1.807) is 24.3 Å². The molecule has 0 aliphatic rings. The van der Waals surface area contributed by atoms with Gasteiger partial charge in [-0.25, -0.2) is 0 Å². The molecule has 70 valence electrons. The van der Waals surface area contributed by atoms with E-state index in [9.17, 15) is 4.79 Å². The van der Waals surface area contributed by atoms with Crippen LogP contribution in [-0.4, -0.2) is 28.7 Å². The first kappa shape index (κ1) is 10.1. The van der Waals surface area contributed by atoms with Gasteiger partial charge in [-0.1, -0.05) is 18.7 Å². The number of aromatic nitrogens is 1. The lowest BCUT2D eigenvalue weighted by Gasteiger charge is -2.12. The number of amides is 1. The molecule has 13 heavy (non-hydrogen) atoms. The third-order valence-electron chi connectivity index (χ3n) is 1.79. The van der Waals surface area contributed by atoms with Gasteiger partial charge >= 0.3 is 0 Å². The molecule has 0 N–H and O–H groups in total. The van der Waals surface area contributed by atoms with Gasteiger partial charge in [-0.2, -0.15) is 0 Å². The maximum Gasteiger partial charge on any atom is 0.278 e. The third-order valence-corrected chi connectivity index (χ3v) is 2.13. The van der Waals surface area contributed by atoms with Crippen molar-refractivity contribution in [1.82, 2.24) is 9.88 Å². The van der Waals surface area contributed by atoms with Crippen molar-refractivity contribution in [2.75, 3.05) is 13.6 Å². The Hall–Kier alpha value is -1.03. The molecular formula is C9H12N2OS. The molecule has 1 aromatic heterocycles. The molecule has 0 aliphatic heterocycles. The first-order valence-electron chi connectivity index (χ1n) is 4.03. The minimum absolute atomic E-state index is 0.205. The van der Waals surface area contributed by atoms with Crippen LogP contribution in [0.25, 0.3) is 0 Å². The highest BCUT2D eigenvalue weighted by molar-refractivity contribution is 7.96. The summed E-state index contributed by atoms with van der Waals surface area (Å²) in [6.07, 6.45) is 4.35. The molecule has 1 heterocycles. The van der Waals surface area contributed by atoms with Gasteiger partial charge in [0.2, 0.25) is 0 Å². The number of nitrogens with zero attached hydrogens (tertiary/aromatic N) is 2. The summed E-state index contributed by atoms with van der Waals surface area (Å²) in [5, 5.41) is -0.205. The lowest BCUT2D eigenvalue weighted by atomic mass is 10.2. The zero-order chi connectivity index (χ0) is 9.68. The van der Waals surface area contributed by atoms with E-state index in [-0.39, 0.29) is 5.24 Å². The molecule has 0 saturated heterocycles. The van der Waals surface area contributed by atoms with E-state index in [1.807, 2.05) is 12.1 Å². The molecule has 0 bridgehead atoms. The number of carbonyl (C=O) groups excluding carboxylic acids is 1. The minimum Gasteiger partial charge on any atom is -0.337 e. The van der Waals surface area contributed by atoms with Gasteiger partial charge in [0.25, 0.3) is 5.24 Å². The van der Waals surface area contributed by atoms with Crippen LogP contribution < -0.4 is 0 Å². The normalized spacial score (nSPS) is 9.69. The van der Waals surface area contributed by atoms with Crippen LogP contribution in [0.2, 0.25) is 0 Å². The SMILES string of the molecule is CN(CCc1cccnc1)C(=O)S. The first-order valence-corrected chi connectivity index (χ1v) is 4.48. The molecular weight excluding hydrogens is 184 g/mol.